The van der Waals surface area contributed by atoms with Gasteiger partial charge in [-0.25, -0.2) is 4.98 Å². The average Bonchev–Trinajstić information content (AvgIpc) is 2.84. The van der Waals surface area contributed by atoms with Crippen molar-refractivity contribution in [3.05, 3.63) is 41.4 Å². The molecule has 0 aliphatic heterocycles. The molecule has 2 aromatic rings. The zero-order chi connectivity index (χ0) is 14.4. The van der Waals surface area contributed by atoms with Crippen molar-refractivity contribution in [3.63, 3.8) is 0 Å². The van der Waals surface area contributed by atoms with E-state index in [-0.39, 0.29) is 18.1 Å². The van der Waals surface area contributed by atoms with Crippen molar-refractivity contribution in [2.75, 3.05) is 11.1 Å². The molecule has 0 bridgehead atoms. The van der Waals surface area contributed by atoms with E-state index in [4.69, 9.17) is 0 Å². The van der Waals surface area contributed by atoms with Gasteiger partial charge in [0.15, 0.2) is 5.13 Å². The predicted octanol–water partition coefficient (Wildman–Crippen LogP) is 1.17. The molecule has 0 radical (unpaired) electrons. The number of carboxylic acids is 1. The van der Waals surface area contributed by atoms with Crippen molar-refractivity contribution < 1.29 is 14.7 Å². The van der Waals surface area contributed by atoms with E-state index in [1.165, 1.54) is 23.1 Å². The van der Waals surface area contributed by atoms with Crippen LogP contribution in [-0.4, -0.2) is 22.6 Å². The van der Waals surface area contributed by atoms with E-state index in [9.17, 15) is 14.7 Å². The Labute approximate surface area is 124 Å². The number of nitrogens with zero attached hydrogens (tertiary/aromatic N) is 1. The second-order valence-corrected chi connectivity index (χ2v) is 5.75. The van der Waals surface area contributed by atoms with E-state index < -0.39 is 5.97 Å². The lowest BCUT2D eigenvalue weighted by atomic mass is 10.3. The fraction of sp³-hybridized carbons (Fsp3) is 0.154. The number of thioether (sulfide) groups is 1. The van der Waals surface area contributed by atoms with Crippen molar-refractivity contribution in [1.29, 1.82) is 0 Å². The molecule has 2 rings (SSSR count). The number of thiazole rings is 1. The number of benzene rings is 1. The highest BCUT2D eigenvalue weighted by Crippen LogP contribution is 2.19. The molecule has 0 fully saturated rings. The third-order valence-corrected chi connectivity index (χ3v) is 4.06. The van der Waals surface area contributed by atoms with Gasteiger partial charge in [0.05, 0.1) is 11.4 Å². The lowest BCUT2D eigenvalue weighted by Crippen LogP contribution is -2.24. The minimum absolute atomic E-state index is 0.173. The monoisotopic (exact) mass is 307 g/mol. The molecule has 0 spiro atoms. The molecule has 0 unspecified atom stereocenters. The van der Waals surface area contributed by atoms with Crippen LogP contribution in [0.4, 0.5) is 5.13 Å². The summed E-state index contributed by atoms with van der Waals surface area (Å²) >= 11 is 2.62. The SMILES string of the molecule is O=C([O-])Cc1csc(NC(=O)CSc2ccccc2)n1. The van der Waals surface area contributed by atoms with Gasteiger partial charge in [-0.3, -0.25) is 4.79 Å². The number of amides is 1. The molecule has 1 heterocycles. The first-order valence-corrected chi connectivity index (χ1v) is 7.62. The van der Waals surface area contributed by atoms with E-state index >= 15 is 0 Å². The lowest BCUT2D eigenvalue weighted by molar-refractivity contribution is -0.304. The third kappa shape index (κ3) is 4.67. The summed E-state index contributed by atoms with van der Waals surface area (Å²) in [7, 11) is 0. The molecule has 1 aromatic heterocycles. The summed E-state index contributed by atoms with van der Waals surface area (Å²) in [5, 5.41) is 15.1. The molecular formula is C13H11N2O3S2-. The van der Waals surface area contributed by atoms with Gasteiger partial charge in [-0.1, -0.05) is 18.2 Å². The standard InChI is InChI=1S/C13H12N2O3S2/c16-11(8-19-10-4-2-1-3-5-10)15-13-14-9(7-20-13)6-12(17)18/h1-5,7H,6,8H2,(H,17,18)(H,14,15,16)/p-1. The first kappa shape index (κ1) is 14.5. The normalized spacial score (nSPS) is 10.2. The van der Waals surface area contributed by atoms with E-state index in [2.05, 4.69) is 10.3 Å². The van der Waals surface area contributed by atoms with Gasteiger partial charge in [0.2, 0.25) is 5.91 Å². The topological polar surface area (TPSA) is 82.1 Å². The van der Waals surface area contributed by atoms with Gasteiger partial charge >= 0.3 is 0 Å². The number of nitrogens with one attached hydrogen (secondary N) is 1. The van der Waals surface area contributed by atoms with Crippen LogP contribution in [0.1, 0.15) is 5.69 Å². The Morgan fingerprint density at radius 3 is 2.75 bits per heavy atom. The number of carbonyl (C=O) groups is 2. The summed E-state index contributed by atoms with van der Waals surface area (Å²) < 4.78 is 0. The van der Waals surface area contributed by atoms with Crippen LogP contribution in [0.5, 0.6) is 0 Å². The number of hydrogen-bond acceptors (Lipinski definition) is 6. The first-order valence-electron chi connectivity index (χ1n) is 5.75. The van der Waals surface area contributed by atoms with Crippen LogP contribution in [0.2, 0.25) is 0 Å². The van der Waals surface area contributed by atoms with Crippen LogP contribution in [0, 0.1) is 0 Å². The van der Waals surface area contributed by atoms with Gasteiger partial charge in [-0.05, 0) is 12.1 Å². The predicted molar refractivity (Wildman–Crippen MR) is 76.6 cm³/mol. The van der Waals surface area contributed by atoms with Crippen molar-refractivity contribution in [2.45, 2.75) is 11.3 Å². The van der Waals surface area contributed by atoms with Crippen LogP contribution in [0.25, 0.3) is 0 Å². The van der Waals surface area contributed by atoms with E-state index in [1.54, 1.807) is 5.38 Å². The number of hydrogen-bond donors (Lipinski definition) is 1. The summed E-state index contributed by atoms with van der Waals surface area (Å²) in [5.41, 5.74) is 0.390. The quantitative estimate of drug-likeness (QED) is 0.810. The second-order valence-electron chi connectivity index (χ2n) is 3.84. The number of aliphatic carboxylic acids is 1. The number of anilines is 1. The van der Waals surface area contributed by atoms with Crippen LogP contribution in [0.3, 0.4) is 0 Å². The fourth-order valence-electron chi connectivity index (χ4n) is 1.41. The van der Waals surface area contributed by atoms with Gasteiger partial charge in [0.1, 0.15) is 0 Å². The summed E-state index contributed by atoms with van der Waals surface area (Å²) in [6.45, 7) is 0. The van der Waals surface area contributed by atoms with Gasteiger partial charge in [0.25, 0.3) is 0 Å². The van der Waals surface area contributed by atoms with E-state index in [0.29, 0.717) is 10.8 Å². The van der Waals surface area contributed by atoms with Crippen molar-refractivity contribution in [3.8, 4) is 0 Å². The van der Waals surface area contributed by atoms with Gasteiger partial charge in [-0.2, -0.15) is 0 Å². The highest BCUT2D eigenvalue weighted by Gasteiger charge is 2.07. The smallest absolute Gasteiger partial charge is 0.236 e. The molecule has 0 saturated heterocycles. The maximum absolute atomic E-state index is 11.7. The van der Waals surface area contributed by atoms with Crippen molar-refractivity contribution >= 4 is 40.1 Å². The first-order chi connectivity index (χ1) is 9.63. The Morgan fingerprint density at radius 2 is 2.05 bits per heavy atom. The molecule has 5 nitrogen and oxygen atoms in total. The molecule has 0 aliphatic carbocycles. The number of carbonyl (C=O) groups excluding carboxylic acids is 2. The summed E-state index contributed by atoms with van der Waals surface area (Å²) in [6, 6.07) is 9.59. The van der Waals surface area contributed by atoms with Crippen LogP contribution in [0.15, 0.2) is 40.6 Å². The minimum atomic E-state index is -1.19. The molecule has 1 aromatic carbocycles. The number of carboxylic acid groups (broad SMARTS) is 1. The molecular weight excluding hydrogens is 296 g/mol. The van der Waals surface area contributed by atoms with Crippen LogP contribution >= 0.6 is 23.1 Å². The lowest BCUT2D eigenvalue weighted by Gasteiger charge is -2.02. The summed E-state index contributed by atoms with van der Waals surface area (Å²) in [6.07, 6.45) is -0.245. The molecule has 104 valence electrons. The highest BCUT2D eigenvalue weighted by molar-refractivity contribution is 8.00. The van der Waals surface area contributed by atoms with E-state index in [1.807, 2.05) is 30.3 Å². The zero-order valence-electron chi connectivity index (χ0n) is 10.4. The largest absolute Gasteiger partial charge is 0.550 e. The minimum Gasteiger partial charge on any atom is -0.550 e. The molecule has 0 aliphatic rings. The Kier molecular flexibility index (Phi) is 5.14. The average molecular weight is 307 g/mol. The molecule has 1 amide bonds. The second kappa shape index (κ2) is 7.06. The number of rotatable bonds is 6. The Balaban J connectivity index is 1.82. The zero-order valence-corrected chi connectivity index (χ0v) is 12.0. The number of aromatic nitrogens is 1. The summed E-state index contributed by atoms with van der Waals surface area (Å²) in [5.74, 6) is -1.08. The highest BCUT2D eigenvalue weighted by atomic mass is 32.2. The molecule has 20 heavy (non-hydrogen) atoms. The van der Waals surface area contributed by atoms with E-state index in [0.717, 1.165) is 4.90 Å². The fourth-order valence-corrected chi connectivity index (χ4v) is 2.86. The maximum atomic E-state index is 11.7. The third-order valence-electron chi connectivity index (χ3n) is 2.24. The van der Waals surface area contributed by atoms with Crippen molar-refractivity contribution in [1.82, 2.24) is 4.98 Å². The summed E-state index contributed by atoms with van der Waals surface area (Å²) in [4.78, 5) is 27.2. The Hall–Kier alpha value is -1.86. The molecule has 1 N–H and O–H groups in total. The van der Waals surface area contributed by atoms with Crippen LogP contribution < -0.4 is 10.4 Å². The van der Waals surface area contributed by atoms with Crippen LogP contribution in [-0.2, 0) is 16.0 Å². The maximum Gasteiger partial charge on any atom is 0.236 e. The van der Waals surface area contributed by atoms with Gasteiger partial charge in [0, 0.05) is 22.7 Å². The van der Waals surface area contributed by atoms with Gasteiger partial charge < -0.3 is 15.2 Å². The molecule has 0 saturated carbocycles. The Morgan fingerprint density at radius 1 is 1.30 bits per heavy atom. The molecule has 0 atom stereocenters. The van der Waals surface area contributed by atoms with Crippen molar-refractivity contribution in [2.24, 2.45) is 0 Å². The molecule has 7 heteroatoms. The Bertz CT molecular complexity index is 599. The van der Waals surface area contributed by atoms with Gasteiger partial charge in [-0.15, -0.1) is 23.1 Å².